The van der Waals surface area contributed by atoms with Gasteiger partial charge in [-0.25, -0.2) is 21.9 Å². The van der Waals surface area contributed by atoms with Crippen LogP contribution in [0.2, 0.25) is 0 Å². The van der Waals surface area contributed by atoms with Crippen LogP contribution in [0, 0.1) is 11.6 Å². The molecule has 3 aromatic rings. The Morgan fingerprint density at radius 3 is 2.22 bits per heavy atom. The van der Waals surface area contributed by atoms with E-state index < -0.39 is 63.8 Å². The van der Waals surface area contributed by atoms with Crippen LogP contribution >= 0.6 is 11.8 Å². The summed E-state index contributed by atoms with van der Waals surface area (Å²) in [6, 6.07) is 8.11. The second-order valence-electron chi connectivity index (χ2n) is 9.18. The third-order valence-corrected chi connectivity index (χ3v) is 7.05. The Morgan fingerprint density at radius 2 is 1.61 bits per heavy atom. The molecule has 0 fully saturated rings. The summed E-state index contributed by atoms with van der Waals surface area (Å²) in [5, 5.41) is 27.6. The Morgan fingerprint density at radius 1 is 1.00 bits per heavy atom. The lowest BCUT2D eigenvalue weighted by molar-refractivity contribution is -0.0224. The van der Waals surface area contributed by atoms with Crippen molar-refractivity contribution in [1.82, 2.24) is 15.6 Å². The molecule has 0 bridgehead atoms. The third-order valence-electron chi connectivity index (χ3n) is 5.86. The average Bonchev–Trinajstić information content (AvgIpc) is 3.36. The van der Waals surface area contributed by atoms with E-state index in [9.17, 15) is 37.0 Å². The van der Waals surface area contributed by atoms with Gasteiger partial charge in [-0.3, -0.25) is 9.59 Å². The van der Waals surface area contributed by atoms with E-state index in [1.54, 1.807) is 30.3 Å². The summed E-state index contributed by atoms with van der Waals surface area (Å²) in [5.74, 6) is -2.70. The van der Waals surface area contributed by atoms with Crippen molar-refractivity contribution in [1.29, 1.82) is 0 Å². The third kappa shape index (κ3) is 9.81. The van der Waals surface area contributed by atoms with Gasteiger partial charge in [0, 0.05) is 11.6 Å². The number of anilines is 1. The van der Waals surface area contributed by atoms with Crippen LogP contribution in [0.15, 0.2) is 59.2 Å². The molecule has 1 heterocycles. The summed E-state index contributed by atoms with van der Waals surface area (Å²) in [6.07, 6.45) is 0.0977. The minimum absolute atomic E-state index is 0.0626. The number of carbonyl (C=O) groups is 2. The number of nitrogens with one attached hydrogen (secondary N) is 3. The summed E-state index contributed by atoms with van der Waals surface area (Å²) < 4.78 is 57.6. The Labute approximate surface area is 239 Å². The summed E-state index contributed by atoms with van der Waals surface area (Å²) in [7, 11) is -3.75. The van der Waals surface area contributed by atoms with Crippen LogP contribution in [-0.4, -0.2) is 78.0 Å². The molecule has 0 saturated heterocycles. The number of halogens is 2. The molecule has 0 aliphatic rings. The number of benzene rings is 2. The second kappa shape index (κ2) is 14.4. The molecule has 4 unspecified atom stereocenters. The van der Waals surface area contributed by atoms with Gasteiger partial charge in [-0.15, -0.1) is 0 Å². The van der Waals surface area contributed by atoms with E-state index in [4.69, 9.17) is 4.42 Å². The molecule has 1 aromatic heterocycles. The molecule has 2 amide bonds. The van der Waals surface area contributed by atoms with Crippen molar-refractivity contribution in [3.05, 3.63) is 83.2 Å². The van der Waals surface area contributed by atoms with Gasteiger partial charge in [-0.1, -0.05) is 18.2 Å². The average molecular weight is 613 g/mol. The predicted octanol–water partition coefficient (Wildman–Crippen LogP) is 1.94. The summed E-state index contributed by atoms with van der Waals surface area (Å²) >= 11 is 1.45. The van der Waals surface area contributed by atoms with E-state index in [2.05, 4.69) is 15.6 Å². The number of carbonyl (C=O) groups excluding carboxylic acids is 2. The molecule has 11 nitrogen and oxygen atoms in total. The maximum atomic E-state index is 13.9. The highest BCUT2D eigenvalue weighted by Crippen LogP contribution is 2.18. The van der Waals surface area contributed by atoms with Crippen molar-refractivity contribution in [2.75, 3.05) is 23.0 Å². The van der Waals surface area contributed by atoms with Gasteiger partial charge in [0.15, 0.2) is 5.69 Å². The van der Waals surface area contributed by atoms with Gasteiger partial charge >= 0.3 is 6.01 Å². The zero-order valence-corrected chi connectivity index (χ0v) is 23.7. The number of aliphatic hydroxyl groups is 2. The largest absolute Gasteiger partial charge is 0.431 e. The molecule has 0 spiro atoms. The molecule has 5 N–H and O–H groups in total. The van der Waals surface area contributed by atoms with E-state index in [0.717, 1.165) is 24.7 Å². The molecule has 0 aliphatic heterocycles. The van der Waals surface area contributed by atoms with Crippen LogP contribution < -0.4 is 15.4 Å². The number of aliphatic hydroxyl groups excluding tert-OH is 2. The number of thioether (sulfide) groups is 1. The Hall–Kier alpha value is -3.53. The highest BCUT2D eigenvalue weighted by Gasteiger charge is 2.35. The number of nitrogens with zero attached hydrogens (tertiary/aromatic N) is 1. The first-order chi connectivity index (χ1) is 19.4. The number of hydrogen-bond donors (Lipinski definition) is 5. The lowest BCUT2D eigenvalue weighted by atomic mass is 9.92. The van der Waals surface area contributed by atoms with E-state index in [0.29, 0.717) is 17.4 Å². The SMILES string of the molecule is CSCCC(NC(=O)c1ccccc1)C(O)C(O)C(Cc1cc(F)cc(F)c1)NC(=O)c1coc(NS(C)(=O)=O)n1. The van der Waals surface area contributed by atoms with E-state index in [-0.39, 0.29) is 24.1 Å². The number of hydrogen-bond acceptors (Lipinski definition) is 9. The molecule has 3 rings (SSSR count). The quantitative estimate of drug-likeness (QED) is 0.183. The molecule has 15 heteroatoms. The number of rotatable bonds is 14. The van der Waals surface area contributed by atoms with Gasteiger partial charge < -0.3 is 25.3 Å². The van der Waals surface area contributed by atoms with Crippen molar-refractivity contribution >= 4 is 39.6 Å². The zero-order valence-electron chi connectivity index (χ0n) is 22.1. The molecule has 0 saturated carbocycles. The Balaban J connectivity index is 1.87. The Bertz CT molecular complexity index is 1420. The van der Waals surface area contributed by atoms with Crippen molar-refractivity contribution in [3.63, 3.8) is 0 Å². The first kappa shape index (κ1) is 32.0. The van der Waals surface area contributed by atoms with E-state index in [1.807, 2.05) is 11.0 Å². The van der Waals surface area contributed by atoms with Crippen LogP contribution in [-0.2, 0) is 16.4 Å². The lowest BCUT2D eigenvalue weighted by Crippen LogP contribution is -2.56. The maximum Gasteiger partial charge on any atom is 0.309 e. The van der Waals surface area contributed by atoms with Crippen LogP contribution in [0.4, 0.5) is 14.8 Å². The zero-order chi connectivity index (χ0) is 30.2. The van der Waals surface area contributed by atoms with Gasteiger partial charge in [0.1, 0.15) is 30.1 Å². The molecule has 41 heavy (non-hydrogen) atoms. The van der Waals surface area contributed by atoms with Crippen LogP contribution in [0.5, 0.6) is 0 Å². The topological polar surface area (TPSA) is 171 Å². The van der Waals surface area contributed by atoms with Gasteiger partial charge in [0.05, 0.1) is 18.3 Å². The first-order valence-electron chi connectivity index (χ1n) is 12.3. The van der Waals surface area contributed by atoms with Crippen LogP contribution in [0.3, 0.4) is 0 Å². The highest BCUT2D eigenvalue weighted by atomic mass is 32.2. The maximum absolute atomic E-state index is 13.9. The van der Waals surface area contributed by atoms with Crippen LogP contribution in [0.1, 0.15) is 32.8 Å². The van der Waals surface area contributed by atoms with E-state index >= 15 is 0 Å². The highest BCUT2D eigenvalue weighted by molar-refractivity contribution is 7.98. The first-order valence-corrected chi connectivity index (χ1v) is 15.5. The molecular formula is C26H30F2N4O7S2. The standard InChI is InChI=1S/C26H30F2N4O7S2/c1-40-9-8-19(29-24(35)16-6-4-3-5-7-16)22(33)23(34)20(12-15-10-17(27)13-18(28)11-15)30-25(36)21-14-39-26(31-21)32-41(2,37)38/h3-7,10-11,13-14,19-20,22-23,33-34H,8-9,12H2,1-2H3,(H,29,35)(H,30,36)(H,31,32). The number of aromatic nitrogens is 1. The van der Waals surface area contributed by atoms with Gasteiger partial charge in [0.2, 0.25) is 10.0 Å². The molecule has 2 aromatic carbocycles. The van der Waals surface area contributed by atoms with Crippen molar-refractivity contribution in [3.8, 4) is 0 Å². The normalized spacial score (nSPS) is 14.5. The van der Waals surface area contributed by atoms with Crippen LogP contribution in [0.25, 0.3) is 0 Å². The second-order valence-corrected chi connectivity index (χ2v) is 11.9. The van der Waals surface area contributed by atoms with Gasteiger partial charge in [-0.2, -0.15) is 16.7 Å². The van der Waals surface area contributed by atoms with Crippen molar-refractivity contribution < 1.29 is 41.4 Å². The molecule has 222 valence electrons. The number of oxazole rings is 1. The number of amides is 2. The minimum atomic E-state index is -3.75. The monoisotopic (exact) mass is 612 g/mol. The number of sulfonamides is 1. The summed E-state index contributed by atoms with van der Waals surface area (Å²) in [4.78, 5) is 29.5. The van der Waals surface area contributed by atoms with Gasteiger partial charge in [-0.05, 0) is 54.7 Å². The fourth-order valence-electron chi connectivity index (χ4n) is 3.96. The molecule has 4 atom stereocenters. The molecule has 0 radical (unpaired) electrons. The van der Waals surface area contributed by atoms with Gasteiger partial charge in [0.25, 0.3) is 11.8 Å². The smallest absolute Gasteiger partial charge is 0.309 e. The van der Waals surface area contributed by atoms with Crippen molar-refractivity contribution in [2.45, 2.75) is 37.1 Å². The summed E-state index contributed by atoms with van der Waals surface area (Å²) in [6.45, 7) is 0. The Kier molecular flexibility index (Phi) is 11.2. The predicted molar refractivity (Wildman–Crippen MR) is 149 cm³/mol. The molecule has 0 aliphatic carbocycles. The fourth-order valence-corrected chi connectivity index (χ4v) is 4.86. The molecular weight excluding hydrogens is 582 g/mol. The minimum Gasteiger partial charge on any atom is -0.431 e. The fraction of sp³-hybridized carbons (Fsp3) is 0.346. The van der Waals surface area contributed by atoms with Crippen molar-refractivity contribution in [2.24, 2.45) is 0 Å². The summed E-state index contributed by atoms with van der Waals surface area (Å²) in [5.41, 5.74) is 0.0187. The lowest BCUT2D eigenvalue weighted by Gasteiger charge is -2.33. The van der Waals surface area contributed by atoms with E-state index in [1.165, 1.54) is 11.8 Å².